The van der Waals surface area contributed by atoms with E-state index in [-0.39, 0.29) is 11.3 Å². The van der Waals surface area contributed by atoms with Crippen molar-refractivity contribution < 1.29 is 19.5 Å². The van der Waals surface area contributed by atoms with Crippen LogP contribution in [0, 0.1) is 6.92 Å². The number of rotatable bonds is 3. The van der Waals surface area contributed by atoms with Crippen LogP contribution in [-0.4, -0.2) is 29.1 Å². The second-order valence-corrected chi connectivity index (χ2v) is 2.82. The number of aryl methyl sites for hydroxylation is 1. The number of aromatic carboxylic acids is 1. The van der Waals surface area contributed by atoms with Crippen LogP contribution in [0.2, 0.25) is 0 Å². The van der Waals surface area contributed by atoms with Crippen molar-refractivity contribution in [2.45, 2.75) is 6.92 Å². The van der Waals surface area contributed by atoms with Gasteiger partial charge in [-0.2, -0.15) is 0 Å². The lowest BCUT2D eigenvalue weighted by Crippen LogP contribution is -2.23. The highest BCUT2D eigenvalue weighted by Crippen LogP contribution is 2.05. The van der Waals surface area contributed by atoms with E-state index in [1.54, 1.807) is 6.92 Å². The van der Waals surface area contributed by atoms with Crippen molar-refractivity contribution in [3.8, 4) is 0 Å². The van der Waals surface area contributed by atoms with E-state index in [4.69, 9.17) is 5.11 Å². The maximum atomic E-state index is 11.3. The molecule has 15 heavy (non-hydrogen) atoms. The Balaban J connectivity index is 3.09. The van der Waals surface area contributed by atoms with Crippen molar-refractivity contribution in [3.05, 3.63) is 29.1 Å². The Morgan fingerprint density at radius 3 is 2.67 bits per heavy atom. The zero-order valence-corrected chi connectivity index (χ0v) is 8.27. The molecule has 0 radical (unpaired) electrons. The van der Waals surface area contributed by atoms with Gasteiger partial charge in [-0.3, -0.25) is 9.63 Å². The van der Waals surface area contributed by atoms with Crippen molar-refractivity contribution in [3.63, 3.8) is 0 Å². The molecule has 0 saturated heterocycles. The van der Waals surface area contributed by atoms with E-state index in [0.29, 0.717) is 5.69 Å². The molecule has 6 heteroatoms. The molecule has 0 aliphatic heterocycles. The van der Waals surface area contributed by atoms with Gasteiger partial charge in [0.2, 0.25) is 0 Å². The van der Waals surface area contributed by atoms with Gasteiger partial charge in [-0.05, 0) is 19.1 Å². The number of nitrogens with one attached hydrogen (secondary N) is 1. The molecule has 1 heterocycles. The molecule has 0 aliphatic rings. The number of hydroxylamine groups is 1. The van der Waals surface area contributed by atoms with Gasteiger partial charge in [-0.1, -0.05) is 0 Å². The molecule has 0 saturated carbocycles. The number of hydrogen-bond donors (Lipinski definition) is 2. The van der Waals surface area contributed by atoms with Crippen molar-refractivity contribution >= 4 is 11.9 Å². The maximum absolute atomic E-state index is 11.3. The number of carbonyl (C=O) groups is 2. The molecule has 1 rings (SSSR count). The van der Waals surface area contributed by atoms with Crippen LogP contribution in [0.4, 0.5) is 0 Å². The molecule has 1 aromatic rings. The normalized spacial score (nSPS) is 9.73. The second kappa shape index (κ2) is 4.52. The Hall–Kier alpha value is -1.95. The van der Waals surface area contributed by atoms with Crippen LogP contribution in [0.15, 0.2) is 12.1 Å². The lowest BCUT2D eigenvalue weighted by Gasteiger charge is -2.03. The monoisotopic (exact) mass is 210 g/mol. The summed E-state index contributed by atoms with van der Waals surface area (Å²) in [6, 6.07) is 2.57. The Morgan fingerprint density at radius 2 is 2.13 bits per heavy atom. The molecular formula is C9H10N2O4. The SMILES string of the molecule is CONC(=O)c1cc(C(=O)O)cc(C)n1. The number of carboxylic acids is 1. The second-order valence-electron chi connectivity index (χ2n) is 2.82. The summed E-state index contributed by atoms with van der Waals surface area (Å²) in [6.07, 6.45) is 0. The van der Waals surface area contributed by atoms with E-state index in [0.717, 1.165) is 0 Å². The fourth-order valence-electron chi connectivity index (χ4n) is 1.05. The van der Waals surface area contributed by atoms with Crippen molar-refractivity contribution in [2.75, 3.05) is 7.11 Å². The average Bonchev–Trinajstić information content (AvgIpc) is 2.17. The summed E-state index contributed by atoms with van der Waals surface area (Å²) in [5.41, 5.74) is 2.54. The summed E-state index contributed by atoms with van der Waals surface area (Å²) in [4.78, 5) is 30.3. The van der Waals surface area contributed by atoms with Gasteiger partial charge in [0.1, 0.15) is 5.69 Å². The molecule has 6 nitrogen and oxygen atoms in total. The van der Waals surface area contributed by atoms with Crippen LogP contribution in [0.5, 0.6) is 0 Å². The molecule has 80 valence electrons. The minimum atomic E-state index is -1.10. The highest BCUT2D eigenvalue weighted by Gasteiger charge is 2.12. The first-order chi connectivity index (χ1) is 7.04. The topological polar surface area (TPSA) is 88.5 Å². The summed E-state index contributed by atoms with van der Waals surface area (Å²) >= 11 is 0. The Morgan fingerprint density at radius 1 is 1.47 bits per heavy atom. The molecule has 0 spiro atoms. The number of aromatic nitrogens is 1. The van der Waals surface area contributed by atoms with E-state index >= 15 is 0 Å². The lowest BCUT2D eigenvalue weighted by molar-refractivity contribution is 0.0532. The number of carbonyl (C=O) groups excluding carboxylic acids is 1. The minimum absolute atomic E-state index is 0.00856. The summed E-state index contributed by atoms with van der Waals surface area (Å²) in [5.74, 6) is -1.68. The van der Waals surface area contributed by atoms with E-state index in [1.165, 1.54) is 19.2 Å². The van der Waals surface area contributed by atoms with Crippen molar-refractivity contribution in [2.24, 2.45) is 0 Å². The van der Waals surface area contributed by atoms with Crippen LogP contribution in [0.3, 0.4) is 0 Å². The first-order valence-electron chi connectivity index (χ1n) is 4.10. The fraction of sp³-hybridized carbons (Fsp3) is 0.222. The van der Waals surface area contributed by atoms with Gasteiger partial charge in [0.05, 0.1) is 12.7 Å². The molecular weight excluding hydrogens is 200 g/mol. The zero-order valence-electron chi connectivity index (χ0n) is 8.27. The summed E-state index contributed by atoms with van der Waals surface area (Å²) in [5, 5.41) is 8.75. The molecule has 1 aromatic heterocycles. The number of hydrogen-bond acceptors (Lipinski definition) is 4. The van der Waals surface area contributed by atoms with Gasteiger partial charge in [0.15, 0.2) is 0 Å². The number of amides is 1. The highest BCUT2D eigenvalue weighted by atomic mass is 16.6. The predicted molar refractivity (Wildman–Crippen MR) is 50.4 cm³/mol. The Kier molecular flexibility index (Phi) is 3.35. The van der Waals surface area contributed by atoms with Gasteiger partial charge >= 0.3 is 5.97 Å². The summed E-state index contributed by atoms with van der Waals surface area (Å²) in [7, 11) is 1.28. The average molecular weight is 210 g/mol. The van der Waals surface area contributed by atoms with Gasteiger partial charge in [-0.25, -0.2) is 15.3 Å². The van der Waals surface area contributed by atoms with Crippen LogP contribution in [0.25, 0.3) is 0 Å². The lowest BCUT2D eigenvalue weighted by atomic mass is 10.2. The largest absolute Gasteiger partial charge is 0.478 e. The molecule has 0 unspecified atom stereocenters. The first-order valence-corrected chi connectivity index (χ1v) is 4.10. The standard InChI is InChI=1S/C9H10N2O4/c1-5-3-6(9(13)14)4-7(10-5)8(12)11-15-2/h3-4H,1-2H3,(H,11,12)(H,13,14). The zero-order chi connectivity index (χ0) is 11.4. The van der Waals surface area contributed by atoms with Gasteiger partial charge in [0.25, 0.3) is 5.91 Å². The molecule has 0 aromatic carbocycles. The van der Waals surface area contributed by atoms with Gasteiger partial charge < -0.3 is 5.11 Å². The third kappa shape index (κ3) is 2.75. The Bertz CT molecular complexity index is 403. The van der Waals surface area contributed by atoms with E-state index in [1.807, 2.05) is 0 Å². The smallest absolute Gasteiger partial charge is 0.335 e. The van der Waals surface area contributed by atoms with Gasteiger partial charge in [0, 0.05) is 5.69 Å². The minimum Gasteiger partial charge on any atom is -0.478 e. The van der Waals surface area contributed by atoms with E-state index in [9.17, 15) is 9.59 Å². The van der Waals surface area contributed by atoms with Gasteiger partial charge in [-0.15, -0.1) is 0 Å². The third-order valence-electron chi connectivity index (χ3n) is 1.63. The van der Waals surface area contributed by atoms with Crippen LogP contribution >= 0.6 is 0 Å². The first kappa shape index (κ1) is 11.1. The molecule has 0 fully saturated rings. The third-order valence-corrected chi connectivity index (χ3v) is 1.63. The molecule has 1 amide bonds. The summed E-state index contributed by atoms with van der Waals surface area (Å²) < 4.78 is 0. The molecule has 2 N–H and O–H groups in total. The van der Waals surface area contributed by atoms with Crippen LogP contribution in [0.1, 0.15) is 26.5 Å². The van der Waals surface area contributed by atoms with E-state index in [2.05, 4.69) is 15.3 Å². The van der Waals surface area contributed by atoms with Crippen molar-refractivity contribution in [1.82, 2.24) is 10.5 Å². The molecule has 0 aliphatic carbocycles. The highest BCUT2D eigenvalue weighted by molar-refractivity contribution is 5.95. The molecule has 0 atom stereocenters. The summed E-state index contributed by atoms with van der Waals surface area (Å²) in [6.45, 7) is 1.61. The Labute approximate surface area is 85.8 Å². The van der Waals surface area contributed by atoms with Crippen LogP contribution < -0.4 is 5.48 Å². The predicted octanol–water partition coefficient (Wildman–Crippen LogP) is 0.379. The van der Waals surface area contributed by atoms with Crippen LogP contribution in [-0.2, 0) is 4.84 Å². The number of pyridine rings is 1. The quantitative estimate of drug-likeness (QED) is 0.704. The van der Waals surface area contributed by atoms with E-state index < -0.39 is 11.9 Å². The van der Waals surface area contributed by atoms with Crippen molar-refractivity contribution in [1.29, 1.82) is 0 Å². The maximum Gasteiger partial charge on any atom is 0.335 e. The molecule has 0 bridgehead atoms. The number of carboxylic acid groups (broad SMARTS) is 1. The fourth-order valence-corrected chi connectivity index (χ4v) is 1.05. The number of nitrogens with zero attached hydrogens (tertiary/aromatic N) is 1.